The minimum absolute atomic E-state index is 0.230. The van der Waals surface area contributed by atoms with Crippen molar-refractivity contribution in [3.8, 4) is 11.8 Å². The molecular weight excluding hydrogens is 195 g/mol. The van der Waals surface area contributed by atoms with Crippen molar-refractivity contribution in [1.29, 1.82) is 0 Å². The van der Waals surface area contributed by atoms with Crippen LogP contribution in [0.3, 0.4) is 0 Å². The third-order valence-electron chi connectivity index (χ3n) is 1.70. The maximum absolute atomic E-state index is 12.6. The highest BCUT2D eigenvalue weighted by Gasteiger charge is 1.89. The Kier molecular flexibility index (Phi) is 2.62. The van der Waals surface area contributed by atoms with Crippen molar-refractivity contribution in [2.24, 2.45) is 0 Å². The summed E-state index contributed by atoms with van der Waals surface area (Å²) in [6, 6.07) is 10.1. The Balaban J connectivity index is 2.22. The van der Waals surface area contributed by atoms with Crippen LogP contribution in [0.15, 0.2) is 41.8 Å². The molecular formula is C12H7FS. The topological polar surface area (TPSA) is 0 Å². The maximum atomic E-state index is 12.6. The summed E-state index contributed by atoms with van der Waals surface area (Å²) in [5.41, 5.74) is 0.833. The molecule has 0 bridgehead atoms. The highest BCUT2D eigenvalue weighted by molar-refractivity contribution is 7.10. The summed E-state index contributed by atoms with van der Waals surface area (Å²) in [5, 5.41) is 1.98. The van der Waals surface area contributed by atoms with E-state index in [4.69, 9.17) is 0 Å². The predicted octanol–water partition coefficient (Wildman–Crippen LogP) is 3.29. The van der Waals surface area contributed by atoms with Crippen LogP contribution in [0.25, 0.3) is 0 Å². The van der Waals surface area contributed by atoms with Crippen molar-refractivity contribution >= 4 is 11.3 Å². The van der Waals surface area contributed by atoms with E-state index in [1.165, 1.54) is 12.1 Å². The first-order chi connectivity index (χ1) is 6.84. The fourth-order valence-electron chi connectivity index (χ4n) is 1.02. The summed E-state index contributed by atoms with van der Waals surface area (Å²) in [7, 11) is 0. The monoisotopic (exact) mass is 202 g/mol. The standard InChI is InChI=1S/C12H7FS/c13-11-6-3-10(4-7-11)5-8-12-2-1-9-14-12/h1-4,6-7,9H. The summed E-state index contributed by atoms with van der Waals surface area (Å²) in [6.07, 6.45) is 0. The van der Waals surface area contributed by atoms with Crippen molar-refractivity contribution in [2.75, 3.05) is 0 Å². The number of rotatable bonds is 0. The maximum Gasteiger partial charge on any atom is 0.123 e. The molecule has 0 aliphatic heterocycles. The summed E-state index contributed by atoms with van der Waals surface area (Å²) in [4.78, 5) is 1.02. The van der Waals surface area contributed by atoms with E-state index in [0.29, 0.717) is 0 Å². The summed E-state index contributed by atoms with van der Waals surface area (Å²) >= 11 is 1.60. The average molecular weight is 202 g/mol. The molecule has 0 unspecified atom stereocenters. The number of thiophene rings is 1. The summed E-state index contributed by atoms with van der Waals surface area (Å²) < 4.78 is 12.6. The molecule has 2 heteroatoms. The number of benzene rings is 1. The zero-order chi connectivity index (χ0) is 9.80. The molecule has 0 saturated carbocycles. The summed E-state index contributed by atoms with van der Waals surface area (Å²) in [6.45, 7) is 0. The number of halogens is 1. The van der Waals surface area contributed by atoms with Gasteiger partial charge in [0.2, 0.25) is 0 Å². The minimum Gasteiger partial charge on any atom is -0.207 e. The molecule has 2 rings (SSSR count). The van der Waals surface area contributed by atoms with Crippen LogP contribution >= 0.6 is 11.3 Å². The van der Waals surface area contributed by atoms with Gasteiger partial charge in [0.1, 0.15) is 5.82 Å². The fraction of sp³-hybridized carbons (Fsp3) is 0. The second-order valence-electron chi connectivity index (χ2n) is 2.73. The Hall–Kier alpha value is -1.59. The molecule has 2 aromatic rings. The molecule has 14 heavy (non-hydrogen) atoms. The van der Waals surface area contributed by atoms with Crippen molar-refractivity contribution in [2.45, 2.75) is 0 Å². The third kappa shape index (κ3) is 2.21. The quantitative estimate of drug-likeness (QED) is 0.575. The lowest BCUT2D eigenvalue weighted by Gasteiger charge is -1.88. The van der Waals surface area contributed by atoms with Gasteiger partial charge in [0, 0.05) is 5.56 Å². The number of hydrogen-bond donors (Lipinski definition) is 0. The Morgan fingerprint density at radius 1 is 1.00 bits per heavy atom. The van der Waals surface area contributed by atoms with Gasteiger partial charge in [-0.2, -0.15) is 0 Å². The largest absolute Gasteiger partial charge is 0.207 e. The van der Waals surface area contributed by atoms with Crippen molar-refractivity contribution < 1.29 is 4.39 Å². The lowest BCUT2D eigenvalue weighted by Crippen LogP contribution is -1.75. The van der Waals surface area contributed by atoms with Gasteiger partial charge in [-0.1, -0.05) is 17.9 Å². The molecule has 0 spiro atoms. The predicted molar refractivity (Wildman–Crippen MR) is 56.7 cm³/mol. The highest BCUT2D eigenvalue weighted by atomic mass is 32.1. The van der Waals surface area contributed by atoms with E-state index in [1.807, 2.05) is 17.5 Å². The summed E-state index contributed by atoms with van der Waals surface area (Å²) in [5.74, 6) is 5.74. The zero-order valence-corrected chi connectivity index (χ0v) is 8.14. The third-order valence-corrected chi connectivity index (χ3v) is 2.48. The molecule has 0 fully saturated rings. The van der Waals surface area contributed by atoms with Crippen LogP contribution in [0.4, 0.5) is 4.39 Å². The Morgan fingerprint density at radius 3 is 2.43 bits per heavy atom. The van der Waals surface area contributed by atoms with E-state index in [1.54, 1.807) is 23.5 Å². The van der Waals surface area contributed by atoms with Gasteiger partial charge in [-0.15, -0.1) is 11.3 Å². The van der Waals surface area contributed by atoms with Gasteiger partial charge in [-0.05, 0) is 35.7 Å². The van der Waals surface area contributed by atoms with Crippen molar-refractivity contribution in [3.63, 3.8) is 0 Å². The second kappa shape index (κ2) is 4.08. The Bertz CT molecular complexity index is 457. The molecule has 1 heterocycles. The van der Waals surface area contributed by atoms with Gasteiger partial charge in [0.05, 0.1) is 4.88 Å². The van der Waals surface area contributed by atoms with E-state index >= 15 is 0 Å². The zero-order valence-electron chi connectivity index (χ0n) is 7.33. The van der Waals surface area contributed by atoms with Crippen LogP contribution in [-0.2, 0) is 0 Å². The molecule has 0 nitrogen and oxygen atoms in total. The SMILES string of the molecule is Fc1ccc(C#Cc2cccs2)cc1. The lowest BCUT2D eigenvalue weighted by atomic mass is 10.2. The smallest absolute Gasteiger partial charge is 0.123 e. The van der Waals surface area contributed by atoms with Gasteiger partial charge in [0.15, 0.2) is 0 Å². The molecule has 0 aliphatic carbocycles. The van der Waals surface area contributed by atoms with Crippen LogP contribution in [0.5, 0.6) is 0 Å². The second-order valence-corrected chi connectivity index (χ2v) is 3.68. The lowest BCUT2D eigenvalue weighted by molar-refractivity contribution is 0.627. The van der Waals surface area contributed by atoms with Crippen LogP contribution < -0.4 is 0 Å². The van der Waals surface area contributed by atoms with Gasteiger partial charge >= 0.3 is 0 Å². The molecule has 1 aromatic heterocycles. The van der Waals surface area contributed by atoms with E-state index < -0.39 is 0 Å². The van der Waals surface area contributed by atoms with Crippen molar-refractivity contribution in [3.05, 3.63) is 58.0 Å². The van der Waals surface area contributed by atoms with Crippen molar-refractivity contribution in [1.82, 2.24) is 0 Å². The fourth-order valence-corrected chi connectivity index (χ4v) is 1.59. The van der Waals surface area contributed by atoms with Crippen LogP contribution in [-0.4, -0.2) is 0 Å². The van der Waals surface area contributed by atoms with Gasteiger partial charge in [-0.3, -0.25) is 0 Å². The van der Waals surface area contributed by atoms with Gasteiger partial charge in [0.25, 0.3) is 0 Å². The van der Waals surface area contributed by atoms with Gasteiger partial charge < -0.3 is 0 Å². The van der Waals surface area contributed by atoms with E-state index in [2.05, 4.69) is 11.8 Å². The Morgan fingerprint density at radius 2 is 1.79 bits per heavy atom. The average Bonchev–Trinajstić information content (AvgIpc) is 2.70. The van der Waals surface area contributed by atoms with Crippen LogP contribution in [0, 0.1) is 17.7 Å². The van der Waals surface area contributed by atoms with Gasteiger partial charge in [-0.25, -0.2) is 4.39 Å². The number of hydrogen-bond acceptors (Lipinski definition) is 1. The molecule has 1 aromatic carbocycles. The first-order valence-electron chi connectivity index (χ1n) is 4.16. The molecule has 0 radical (unpaired) electrons. The Labute approximate surface area is 86.0 Å². The first kappa shape index (κ1) is 8.98. The van der Waals surface area contributed by atoms with E-state index in [0.717, 1.165) is 10.4 Å². The molecule has 0 amide bonds. The molecule has 0 aliphatic rings. The normalized spacial score (nSPS) is 9.21. The van der Waals surface area contributed by atoms with Crippen LogP contribution in [0.2, 0.25) is 0 Å². The highest BCUT2D eigenvalue weighted by Crippen LogP contribution is 2.07. The molecule has 0 atom stereocenters. The van der Waals surface area contributed by atoms with E-state index in [-0.39, 0.29) is 5.82 Å². The first-order valence-corrected chi connectivity index (χ1v) is 5.04. The van der Waals surface area contributed by atoms with E-state index in [9.17, 15) is 4.39 Å². The molecule has 68 valence electrons. The van der Waals surface area contributed by atoms with Crippen LogP contribution in [0.1, 0.15) is 10.4 Å². The minimum atomic E-state index is -0.230. The molecule has 0 N–H and O–H groups in total. The molecule has 0 saturated heterocycles.